The largest absolute Gasteiger partial charge is 0.377 e. The molecule has 2 unspecified atom stereocenters. The molecule has 0 fully saturated rings. The second-order valence-corrected chi connectivity index (χ2v) is 4.85. The first kappa shape index (κ1) is 15.2. The minimum atomic E-state index is 0.311. The summed E-state index contributed by atoms with van der Waals surface area (Å²) in [5.41, 5.74) is 1.31. The number of rotatable bonds is 9. The molecular weight excluding hydrogens is 222 g/mol. The maximum Gasteiger partial charge on any atom is 0.0665 e. The molecule has 0 aliphatic heterocycles. The van der Waals surface area contributed by atoms with E-state index in [-0.39, 0.29) is 0 Å². The molecule has 0 saturated carbocycles. The quantitative estimate of drug-likeness (QED) is 0.716. The van der Waals surface area contributed by atoms with Crippen molar-refractivity contribution >= 4 is 0 Å². The van der Waals surface area contributed by atoms with Gasteiger partial charge in [-0.05, 0) is 31.9 Å². The molecule has 2 nitrogen and oxygen atoms in total. The predicted octanol–water partition coefficient (Wildman–Crippen LogP) is 3.93. The summed E-state index contributed by atoms with van der Waals surface area (Å²) in [4.78, 5) is 0. The SMILES string of the molecule is CCCNC(COC(C)CCC)c1ccccc1. The molecular formula is C16H27NO. The van der Waals surface area contributed by atoms with Gasteiger partial charge < -0.3 is 10.1 Å². The normalized spacial score (nSPS) is 14.4. The molecule has 18 heavy (non-hydrogen) atoms. The van der Waals surface area contributed by atoms with E-state index in [0.29, 0.717) is 12.1 Å². The van der Waals surface area contributed by atoms with E-state index in [0.717, 1.165) is 26.0 Å². The van der Waals surface area contributed by atoms with Gasteiger partial charge in [-0.1, -0.05) is 50.6 Å². The van der Waals surface area contributed by atoms with Gasteiger partial charge in [-0.15, -0.1) is 0 Å². The van der Waals surface area contributed by atoms with Gasteiger partial charge in [0, 0.05) is 0 Å². The van der Waals surface area contributed by atoms with Crippen LogP contribution in [0.5, 0.6) is 0 Å². The van der Waals surface area contributed by atoms with Crippen LogP contribution in [0.25, 0.3) is 0 Å². The second kappa shape index (κ2) is 9.12. The summed E-state index contributed by atoms with van der Waals surface area (Å²) in [6, 6.07) is 10.9. The number of benzene rings is 1. The van der Waals surface area contributed by atoms with Gasteiger partial charge in [0.05, 0.1) is 18.8 Å². The maximum atomic E-state index is 5.93. The lowest BCUT2D eigenvalue weighted by molar-refractivity contribution is 0.0440. The third kappa shape index (κ3) is 5.65. The van der Waals surface area contributed by atoms with E-state index in [1.807, 2.05) is 0 Å². The molecule has 1 aromatic carbocycles. The van der Waals surface area contributed by atoms with Crippen LogP contribution in [0, 0.1) is 0 Å². The van der Waals surface area contributed by atoms with Crippen molar-refractivity contribution in [3.8, 4) is 0 Å². The van der Waals surface area contributed by atoms with Crippen molar-refractivity contribution in [2.75, 3.05) is 13.2 Å². The van der Waals surface area contributed by atoms with Crippen LogP contribution in [0.2, 0.25) is 0 Å². The summed E-state index contributed by atoms with van der Waals surface area (Å²) in [7, 11) is 0. The van der Waals surface area contributed by atoms with E-state index in [1.165, 1.54) is 12.0 Å². The van der Waals surface area contributed by atoms with Crippen LogP contribution < -0.4 is 5.32 Å². The van der Waals surface area contributed by atoms with E-state index in [1.54, 1.807) is 0 Å². The summed E-state index contributed by atoms with van der Waals surface area (Å²) in [5, 5.41) is 3.56. The number of ether oxygens (including phenoxy) is 1. The van der Waals surface area contributed by atoms with Crippen molar-refractivity contribution in [3.05, 3.63) is 35.9 Å². The Labute approximate surface area is 112 Å². The van der Waals surface area contributed by atoms with Crippen LogP contribution in [-0.2, 0) is 4.74 Å². The first-order valence-electron chi connectivity index (χ1n) is 7.17. The number of hydrogen-bond donors (Lipinski definition) is 1. The zero-order valence-electron chi connectivity index (χ0n) is 12.0. The molecule has 0 amide bonds. The van der Waals surface area contributed by atoms with Crippen LogP contribution in [0.1, 0.15) is 51.6 Å². The summed E-state index contributed by atoms with van der Waals surface area (Å²) >= 11 is 0. The molecule has 102 valence electrons. The Bertz CT molecular complexity index is 299. The van der Waals surface area contributed by atoms with E-state index < -0.39 is 0 Å². The molecule has 1 N–H and O–H groups in total. The first-order chi connectivity index (χ1) is 8.77. The fourth-order valence-corrected chi connectivity index (χ4v) is 2.03. The molecule has 0 bridgehead atoms. The lowest BCUT2D eigenvalue weighted by atomic mass is 10.1. The van der Waals surface area contributed by atoms with E-state index in [9.17, 15) is 0 Å². The molecule has 0 saturated heterocycles. The Morgan fingerprint density at radius 2 is 1.83 bits per heavy atom. The second-order valence-electron chi connectivity index (χ2n) is 4.85. The van der Waals surface area contributed by atoms with Crippen molar-refractivity contribution in [1.29, 1.82) is 0 Å². The Balaban J connectivity index is 2.51. The minimum Gasteiger partial charge on any atom is -0.377 e. The van der Waals surface area contributed by atoms with Gasteiger partial charge in [0.25, 0.3) is 0 Å². The highest BCUT2D eigenvalue weighted by Crippen LogP contribution is 2.14. The van der Waals surface area contributed by atoms with Gasteiger partial charge in [-0.25, -0.2) is 0 Å². The molecule has 0 radical (unpaired) electrons. The Morgan fingerprint density at radius 3 is 2.44 bits per heavy atom. The highest BCUT2D eigenvalue weighted by Gasteiger charge is 2.12. The topological polar surface area (TPSA) is 21.3 Å². The van der Waals surface area contributed by atoms with Crippen molar-refractivity contribution in [1.82, 2.24) is 5.32 Å². The Hall–Kier alpha value is -0.860. The summed E-state index contributed by atoms with van der Waals surface area (Å²) in [6.07, 6.45) is 3.81. The van der Waals surface area contributed by atoms with Crippen LogP contribution in [0.3, 0.4) is 0 Å². The molecule has 0 heterocycles. The van der Waals surface area contributed by atoms with E-state index >= 15 is 0 Å². The Morgan fingerprint density at radius 1 is 1.11 bits per heavy atom. The zero-order valence-corrected chi connectivity index (χ0v) is 12.0. The Kier molecular flexibility index (Phi) is 7.70. The molecule has 0 spiro atoms. The van der Waals surface area contributed by atoms with Crippen molar-refractivity contribution in [2.45, 2.75) is 52.2 Å². The minimum absolute atomic E-state index is 0.311. The van der Waals surface area contributed by atoms with Gasteiger partial charge >= 0.3 is 0 Å². The zero-order chi connectivity index (χ0) is 13.2. The molecule has 1 rings (SSSR count). The third-order valence-corrected chi connectivity index (χ3v) is 3.09. The highest BCUT2D eigenvalue weighted by atomic mass is 16.5. The predicted molar refractivity (Wildman–Crippen MR) is 77.8 cm³/mol. The first-order valence-corrected chi connectivity index (χ1v) is 7.17. The molecule has 2 atom stereocenters. The van der Waals surface area contributed by atoms with Gasteiger partial charge in [-0.3, -0.25) is 0 Å². The van der Waals surface area contributed by atoms with Crippen molar-refractivity contribution in [2.24, 2.45) is 0 Å². The molecule has 2 heteroatoms. The molecule has 0 aliphatic rings. The fourth-order valence-electron chi connectivity index (χ4n) is 2.03. The summed E-state index contributed by atoms with van der Waals surface area (Å²) in [6.45, 7) is 8.33. The van der Waals surface area contributed by atoms with Gasteiger partial charge in [0.2, 0.25) is 0 Å². The monoisotopic (exact) mass is 249 g/mol. The lowest BCUT2D eigenvalue weighted by Gasteiger charge is -2.21. The molecule has 1 aromatic rings. The molecule has 0 aliphatic carbocycles. The maximum absolute atomic E-state index is 5.93. The van der Waals surface area contributed by atoms with Gasteiger partial charge in [-0.2, -0.15) is 0 Å². The summed E-state index contributed by atoms with van der Waals surface area (Å²) < 4.78 is 5.93. The highest BCUT2D eigenvalue weighted by molar-refractivity contribution is 5.18. The van der Waals surface area contributed by atoms with Crippen molar-refractivity contribution in [3.63, 3.8) is 0 Å². The summed E-state index contributed by atoms with van der Waals surface area (Å²) in [5.74, 6) is 0. The van der Waals surface area contributed by atoms with Gasteiger partial charge in [0.15, 0.2) is 0 Å². The molecule has 0 aromatic heterocycles. The standard InChI is InChI=1S/C16H27NO/c1-4-9-14(3)18-13-16(17-12-5-2)15-10-7-6-8-11-15/h6-8,10-11,14,16-17H,4-5,9,12-13H2,1-3H3. The number of hydrogen-bond acceptors (Lipinski definition) is 2. The average Bonchev–Trinajstić information content (AvgIpc) is 2.40. The van der Waals surface area contributed by atoms with E-state index in [4.69, 9.17) is 4.74 Å². The fraction of sp³-hybridized carbons (Fsp3) is 0.625. The average molecular weight is 249 g/mol. The lowest BCUT2D eigenvalue weighted by Crippen LogP contribution is -2.28. The smallest absolute Gasteiger partial charge is 0.0665 e. The van der Waals surface area contributed by atoms with Crippen LogP contribution in [0.15, 0.2) is 30.3 Å². The van der Waals surface area contributed by atoms with Gasteiger partial charge in [0.1, 0.15) is 0 Å². The van der Waals surface area contributed by atoms with Crippen LogP contribution >= 0.6 is 0 Å². The van der Waals surface area contributed by atoms with E-state index in [2.05, 4.69) is 56.4 Å². The van der Waals surface area contributed by atoms with Crippen LogP contribution in [-0.4, -0.2) is 19.3 Å². The van der Waals surface area contributed by atoms with Crippen molar-refractivity contribution < 1.29 is 4.74 Å². The van der Waals surface area contributed by atoms with Crippen LogP contribution in [0.4, 0.5) is 0 Å². The number of nitrogens with one attached hydrogen (secondary N) is 1. The third-order valence-electron chi connectivity index (χ3n) is 3.09.